The van der Waals surface area contributed by atoms with Gasteiger partial charge < -0.3 is 15.4 Å². The zero-order chi connectivity index (χ0) is 17.2. The van der Waals surface area contributed by atoms with Crippen LogP contribution in [0, 0.1) is 0 Å². The monoisotopic (exact) mass is 378 g/mol. The molecule has 3 rings (SSSR count). The third-order valence-electron chi connectivity index (χ3n) is 4.76. The van der Waals surface area contributed by atoms with Crippen molar-refractivity contribution in [3.8, 4) is 0 Å². The Morgan fingerprint density at radius 1 is 1.36 bits per heavy atom. The summed E-state index contributed by atoms with van der Waals surface area (Å²) in [6.07, 6.45) is -1.90. The van der Waals surface area contributed by atoms with E-state index in [0.717, 1.165) is 18.6 Å². The Labute approximate surface area is 150 Å². The van der Waals surface area contributed by atoms with Crippen LogP contribution in [-0.2, 0) is 21.2 Å². The molecule has 1 saturated carbocycles. The Morgan fingerprint density at radius 2 is 2.12 bits per heavy atom. The smallest absolute Gasteiger partial charge is 0.378 e. The minimum Gasteiger partial charge on any atom is -0.378 e. The van der Waals surface area contributed by atoms with Crippen molar-refractivity contribution >= 4 is 18.3 Å². The number of nitrogens with one attached hydrogen (secondary N) is 2. The van der Waals surface area contributed by atoms with Crippen molar-refractivity contribution in [2.45, 2.75) is 43.4 Å². The van der Waals surface area contributed by atoms with Crippen molar-refractivity contribution in [3.63, 3.8) is 0 Å². The number of hydrogen-bond acceptors (Lipinski definition) is 3. The number of carbonyl (C=O) groups excluding carboxylic acids is 1. The highest BCUT2D eigenvalue weighted by molar-refractivity contribution is 5.85. The Hall–Kier alpha value is -1.31. The van der Waals surface area contributed by atoms with E-state index in [1.807, 2.05) is 0 Å². The molecule has 0 aromatic heterocycles. The molecule has 8 heteroatoms. The van der Waals surface area contributed by atoms with Gasteiger partial charge in [-0.05, 0) is 37.0 Å². The van der Waals surface area contributed by atoms with Gasteiger partial charge in [-0.3, -0.25) is 4.79 Å². The van der Waals surface area contributed by atoms with Gasteiger partial charge in [0.15, 0.2) is 0 Å². The van der Waals surface area contributed by atoms with E-state index in [-0.39, 0.29) is 30.8 Å². The average molecular weight is 379 g/mol. The standard InChI is InChI=1S/C17H21F3N2O2.ClH/c18-17(19,20)13-4-1-3-12(9-13)16(5-2-6-16)22-15(23)10-14-11-24-8-7-21-14;/h1,3-4,9,14,21H,2,5-8,10-11H2,(H,22,23);1H. The lowest BCUT2D eigenvalue weighted by Gasteiger charge is -2.43. The summed E-state index contributed by atoms with van der Waals surface area (Å²) < 4.78 is 44.1. The number of alkyl halides is 3. The van der Waals surface area contributed by atoms with Crippen LogP contribution < -0.4 is 10.6 Å². The van der Waals surface area contributed by atoms with Crippen LogP contribution in [0.15, 0.2) is 24.3 Å². The minimum atomic E-state index is -4.38. The van der Waals surface area contributed by atoms with Crippen LogP contribution in [0.2, 0.25) is 0 Å². The lowest BCUT2D eigenvalue weighted by Crippen LogP contribution is -2.53. The maximum Gasteiger partial charge on any atom is 0.416 e. The first-order valence-corrected chi connectivity index (χ1v) is 8.19. The number of hydrogen-bond donors (Lipinski definition) is 2. The van der Waals surface area contributed by atoms with Gasteiger partial charge in [0, 0.05) is 19.0 Å². The van der Waals surface area contributed by atoms with Crippen molar-refractivity contribution in [1.29, 1.82) is 0 Å². The van der Waals surface area contributed by atoms with E-state index in [9.17, 15) is 18.0 Å². The molecule has 4 nitrogen and oxygen atoms in total. The summed E-state index contributed by atoms with van der Waals surface area (Å²) in [5.74, 6) is -0.157. The van der Waals surface area contributed by atoms with Crippen LogP contribution in [0.25, 0.3) is 0 Å². The number of ether oxygens (including phenoxy) is 1. The maximum absolute atomic E-state index is 12.9. The van der Waals surface area contributed by atoms with Gasteiger partial charge in [0.1, 0.15) is 0 Å². The molecule has 140 valence electrons. The third kappa shape index (κ3) is 4.65. The van der Waals surface area contributed by atoms with Gasteiger partial charge in [0.05, 0.1) is 24.3 Å². The summed E-state index contributed by atoms with van der Waals surface area (Å²) in [4.78, 5) is 12.3. The van der Waals surface area contributed by atoms with Crippen LogP contribution in [0.1, 0.15) is 36.8 Å². The summed E-state index contributed by atoms with van der Waals surface area (Å²) in [6.45, 7) is 1.81. The molecule has 0 radical (unpaired) electrons. The summed E-state index contributed by atoms with van der Waals surface area (Å²) in [6, 6.07) is 5.23. The minimum absolute atomic E-state index is 0. The van der Waals surface area contributed by atoms with Crippen molar-refractivity contribution in [2.75, 3.05) is 19.8 Å². The van der Waals surface area contributed by atoms with Gasteiger partial charge in [-0.2, -0.15) is 13.2 Å². The SMILES string of the molecule is Cl.O=C(CC1COCCN1)NC1(c2cccc(C(F)(F)F)c2)CCC1. The molecule has 1 amide bonds. The largest absolute Gasteiger partial charge is 0.416 e. The molecule has 2 fully saturated rings. The first-order valence-electron chi connectivity index (χ1n) is 8.19. The van der Waals surface area contributed by atoms with Crippen LogP contribution in [0.4, 0.5) is 13.2 Å². The summed E-state index contributed by atoms with van der Waals surface area (Å²) in [7, 11) is 0. The quantitative estimate of drug-likeness (QED) is 0.846. The lowest BCUT2D eigenvalue weighted by molar-refractivity contribution is -0.137. The fourth-order valence-electron chi connectivity index (χ4n) is 3.30. The molecule has 1 heterocycles. The molecule has 1 aromatic rings. The number of halogens is 4. The fourth-order valence-corrected chi connectivity index (χ4v) is 3.30. The van der Waals surface area contributed by atoms with Gasteiger partial charge in [-0.1, -0.05) is 12.1 Å². The predicted octanol–water partition coefficient (Wildman–Crippen LogP) is 3.00. The van der Waals surface area contributed by atoms with Crippen LogP contribution in [0.3, 0.4) is 0 Å². The van der Waals surface area contributed by atoms with E-state index in [2.05, 4.69) is 10.6 Å². The molecule has 1 aliphatic carbocycles. The molecule has 0 spiro atoms. The highest BCUT2D eigenvalue weighted by atomic mass is 35.5. The molecule has 2 aliphatic rings. The van der Waals surface area contributed by atoms with Gasteiger partial charge >= 0.3 is 6.18 Å². The third-order valence-corrected chi connectivity index (χ3v) is 4.76. The van der Waals surface area contributed by atoms with Crippen LogP contribution in [0.5, 0.6) is 0 Å². The van der Waals surface area contributed by atoms with Gasteiger partial charge in [-0.25, -0.2) is 0 Å². The second-order valence-electron chi connectivity index (χ2n) is 6.49. The average Bonchev–Trinajstić information content (AvgIpc) is 2.51. The highest BCUT2D eigenvalue weighted by Crippen LogP contribution is 2.43. The van der Waals surface area contributed by atoms with Gasteiger partial charge in [0.2, 0.25) is 5.91 Å². The van der Waals surface area contributed by atoms with Gasteiger partial charge in [-0.15, -0.1) is 12.4 Å². The van der Waals surface area contributed by atoms with Crippen molar-refractivity contribution in [2.24, 2.45) is 0 Å². The van der Waals surface area contributed by atoms with Crippen molar-refractivity contribution in [1.82, 2.24) is 10.6 Å². The zero-order valence-corrected chi connectivity index (χ0v) is 14.5. The number of amides is 1. The van der Waals surface area contributed by atoms with Crippen molar-refractivity contribution in [3.05, 3.63) is 35.4 Å². The molecule has 1 unspecified atom stereocenters. The molecule has 2 N–H and O–H groups in total. The number of carbonyl (C=O) groups is 1. The first-order chi connectivity index (χ1) is 11.4. The molecule has 1 saturated heterocycles. The Balaban J connectivity index is 0.00000225. The Bertz CT molecular complexity index is 600. The van der Waals surface area contributed by atoms with E-state index in [4.69, 9.17) is 4.74 Å². The molecule has 1 aliphatic heterocycles. The molecule has 25 heavy (non-hydrogen) atoms. The van der Waals surface area contributed by atoms with Crippen LogP contribution >= 0.6 is 12.4 Å². The normalized spacial score (nSPS) is 22.4. The molecule has 0 bridgehead atoms. The van der Waals surface area contributed by atoms with E-state index in [0.29, 0.717) is 38.2 Å². The van der Waals surface area contributed by atoms with E-state index in [1.165, 1.54) is 6.07 Å². The number of morpholine rings is 1. The highest BCUT2D eigenvalue weighted by Gasteiger charge is 2.41. The molecule has 1 aromatic carbocycles. The molecular formula is C17H22ClF3N2O2. The van der Waals surface area contributed by atoms with E-state index >= 15 is 0 Å². The van der Waals surface area contributed by atoms with E-state index < -0.39 is 17.3 Å². The second kappa shape index (κ2) is 7.93. The number of benzene rings is 1. The fraction of sp³-hybridized carbons (Fsp3) is 0.588. The Morgan fingerprint density at radius 3 is 2.68 bits per heavy atom. The van der Waals surface area contributed by atoms with Gasteiger partial charge in [0.25, 0.3) is 0 Å². The maximum atomic E-state index is 12.9. The number of rotatable bonds is 4. The topological polar surface area (TPSA) is 50.4 Å². The summed E-state index contributed by atoms with van der Waals surface area (Å²) in [5.41, 5.74) is -0.818. The summed E-state index contributed by atoms with van der Waals surface area (Å²) in [5, 5.41) is 6.18. The lowest BCUT2D eigenvalue weighted by atomic mass is 9.71. The Kier molecular flexibility index (Phi) is 6.35. The zero-order valence-electron chi connectivity index (χ0n) is 13.7. The van der Waals surface area contributed by atoms with Crippen molar-refractivity contribution < 1.29 is 22.7 Å². The van der Waals surface area contributed by atoms with Crippen LogP contribution in [-0.4, -0.2) is 31.7 Å². The summed E-state index contributed by atoms with van der Waals surface area (Å²) >= 11 is 0. The first kappa shape index (κ1) is 20.0. The predicted molar refractivity (Wildman–Crippen MR) is 89.6 cm³/mol. The molecular weight excluding hydrogens is 357 g/mol. The van der Waals surface area contributed by atoms with E-state index in [1.54, 1.807) is 6.07 Å². The molecule has 1 atom stereocenters. The second-order valence-corrected chi connectivity index (χ2v) is 6.49.